The van der Waals surface area contributed by atoms with Gasteiger partial charge in [-0.2, -0.15) is 0 Å². The molecule has 0 atom stereocenters. The van der Waals surface area contributed by atoms with Crippen LogP contribution in [0.2, 0.25) is 0 Å². The molecule has 2 heterocycles. The lowest BCUT2D eigenvalue weighted by atomic mass is 10.3. The number of hydrogen-bond donors (Lipinski definition) is 0. The number of imidazole rings is 1. The quantitative estimate of drug-likeness (QED) is 0.595. The first-order chi connectivity index (χ1) is 5.83. The summed E-state index contributed by atoms with van der Waals surface area (Å²) >= 11 is 0. The molecule has 0 spiro atoms. The van der Waals surface area contributed by atoms with Crippen molar-refractivity contribution in [3.8, 4) is 0 Å². The maximum absolute atomic E-state index is 13.2. The minimum Gasteiger partial charge on any atom is -0.305 e. The van der Waals surface area contributed by atoms with Crippen molar-refractivity contribution < 1.29 is 9.18 Å². The number of carbonyl (C=O) groups excluding carboxylic acids is 1. The minimum absolute atomic E-state index is 0.0358. The normalized spacial score (nSPS) is 10.4. The fourth-order valence-corrected chi connectivity index (χ4v) is 1.06. The Hall–Kier alpha value is -1.71. The van der Waals surface area contributed by atoms with E-state index in [9.17, 15) is 9.18 Å². The van der Waals surface area contributed by atoms with Gasteiger partial charge in [-0.3, -0.25) is 4.79 Å². The summed E-state index contributed by atoms with van der Waals surface area (Å²) < 4.78 is 14.7. The molecule has 12 heavy (non-hydrogen) atoms. The van der Waals surface area contributed by atoms with Crippen molar-refractivity contribution in [2.24, 2.45) is 0 Å². The molecule has 0 aromatic carbocycles. The second-order valence-corrected chi connectivity index (χ2v) is 2.36. The van der Waals surface area contributed by atoms with Crippen molar-refractivity contribution in [3.63, 3.8) is 0 Å². The van der Waals surface area contributed by atoms with Crippen LogP contribution in [0.15, 0.2) is 24.7 Å². The first kappa shape index (κ1) is 6.97. The van der Waals surface area contributed by atoms with Gasteiger partial charge >= 0.3 is 0 Å². The molecule has 0 saturated carbocycles. The molecule has 0 fully saturated rings. The summed E-state index contributed by atoms with van der Waals surface area (Å²) in [4.78, 5) is 14.1. The molecule has 0 radical (unpaired) electrons. The topological polar surface area (TPSA) is 34.4 Å². The second kappa shape index (κ2) is 2.41. The standard InChI is InChI=1S/C8H5FN2O/c9-7-6(5-12)1-3-11-4-2-10-8(7)11/h1-5H. The molecular formula is C8H5FN2O. The monoisotopic (exact) mass is 164 g/mol. The van der Waals surface area contributed by atoms with Crippen molar-refractivity contribution in [2.75, 3.05) is 0 Å². The van der Waals surface area contributed by atoms with E-state index in [0.29, 0.717) is 6.29 Å². The number of halogens is 1. The number of nitrogens with zero attached hydrogens (tertiary/aromatic N) is 2. The van der Waals surface area contributed by atoms with Crippen LogP contribution in [0.1, 0.15) is 10.4 Å². The van der Waals surface area contributed by atoms with Crippen LogP contribution in [0.4, 0.5) is 4.39 Å². The zero-order valence-corrected chi connectivity index (χ0v) is 6.07. The molecule has 0 aliphatic carbocycles. The maximum atomic E-state index is 13.2. The fraction of sp³-hybridized carbons (Fsp3) is 0. The van der Waals surface area contributed by atoms with E-state index < -0.39 is 5.82 Å². The number of aldehydes is 1. The van der Waals surface area contributed by atoms with E-state index >= 15 is 0 Å². The van der Waals surface area contributed by atoms with Gasteiger partial charge in [-0.25, -0.2) is 9.37 Å². The lowest BCUT2D eigenvalue weighted by Gasteiger charge is -1.96. The SMILES string of the molecule is O=Cc1ccn2ccnc2c1F. The zero-order valence-electron chi connectivity index (χ0n) is 6.07. The van der Waals surface area contributed by atoms with E-state index in [1.165, 1.54) is 16.7 Å². The van der Waals surface area contributed by atoms with E-state index in [2.05, 4.69) is 4.98 Å². The van der Waals surface area contributed by atoms with Gasteiger partial charge in [0.15, 0.2) is 17.8 Å². The molecule has 0 amide bonds. The lowest BCUT2D eigenvalue weighted by Crippen LogP contribution is -1.93. The molecule has 0 bridgehead atoms. The first-order valence-electron chi connectivity index (χ1n) is 3.39. The van der Waals surface area contributed by atoms with Gasteiger partial charge in [0.2, 0.25) is 0 Å². The Morgan fingerprint density at radius 2 is 2.33 bits per heavy atom. The summed E-state index contributed by atoms with van der Waals surface area (Å²) in [5, 5.41) is 0. The van der Waals surface area contributed by atoms with Gasteiger partial charge in [-0.1, -0.05) is 0 Å². The summed E-state index contributed by atoms with van der Waals surface area (Å²) in [6.07, 6.45) is 5.17. The molecule has 0 unspecified atom stereocenters. The third-order valence-corrected chi connectivity index (χ3v) is 1.66. The van der Waals surface area contributed by atoms with Crippen molar-refractivity contribution in [1.29, 1.82) is 0 Å². The number of pyridine rings is 1. The van der Waals surface area contributed by atoms with E-state index in [0.717, 1.165) is 0 Å². The largest absolute Gasteiger partial charge is 0.305 e. The molecule has 2 aromatic rings. The molecular weight excluding hydrogens is 159 g/mol. The fourth-order valence-electron chi connectivity index (χ4n) is 1.06. The van der Waals surface area contributed by atoms with E-state index in [4.69, 9.17) is 0 Å². The Morgan fingerprint density at radius 3 is 3.08 bits per heavy atom. The lowest BCUT2D eigenvalue weighted by molar-refractivity contribution is 0.112. The third-order valence-electron chi connectivity index (χ3n) is 1.66. The zero-order chi connectivity index (χ0) is 8.55. The summed E-state index contributed by atoms with van der Waals surface area (Å²) in [7, 11) is 0. The van der Waals surface area contributed by atoms with Crippen molar-refractivity contribution >= 4 is 11.9 Å². The highest BCUT2D eigenvalue weighted by atomic mass is 19.1. The van der Waals surface area contributed by atoms with Crippen LogP contribution in [-0.2, 0) is 0 Å². The average Bonchev–Trinajstić information content (AvgIpc) is 2.53. The molecule has 0 N–H and O–H groups in total. The van der Waals surface area contributed by atoms with Crippen LogP contribution in [0, 0.1) is 5.82 Å². The summed E-state index contributed by atoms with van der Waals surface area (Å²) in [5.74, 6) is -0.572. The van der Waals surface area contributed by atoms with Gasteiger partial charge in [0, 0.05) is 18.6 Å². The van der Waals surface area contributed by atoms with Gasteiger partial charge in [0.05, 0.1) is 5.56 Å². The molecule has 2 aromatic heterocycles. The van der Waals surface area contributed by atoms with Crippen LogP contribution >= 0.6 is 0 Å². The molecule has 60 valence electrons. The van der Waals surface area contributed by atoms with Crippen LogP contribution in [0.25, 0.3) is 5.65 Å². The van der Waals surface area contributed by atoms with Crippen LogP contribution in [-0.4, -0.2) is 15.7 Å². The molecule has 2 rings (SSSR count). The van der Waals surface area contributed by atoms with Crippen LogP contribution < -0.4 is 0 Å². The third kappa shape index (κ3) is 0.812. The number of hydrogen-bond acceptors (Lipinski definition) is 2. The molecule has 3 nitrogen and oxygen atoms in total. The van der Waals surface area contributed by atoms with Crippen molar-refractivity contribution in [1.82, 2.24) is 9.38 Å². The Bertz CT molecular complexity index is 436. The van der Waals surface area contributed by atoms with Gasteiger partial charge < -0.3 is 4.40 Å². The Morgan fingerprint density at radius 1 is 1.50 bits per heavy atom. The van der Waals surface area contributed by atoms with Gasteiger partial charge in [-0.05, 0) is 6.07 Å². The number of carbonyl (C=O) groups is 1. The first-order valence-corrected chi connectivity index (χ1v) is 3.39. The molecule has 4 heteroatoms. The highest BCUT2D eigenvalue weighted by Crippen LogP contribution is 2.10. The van der Waals surface area contributed by atoms with Gasteiger partial charge in [0.1, 0.15) is 0 Å². The molecule has 0 saturated heterocycles. The summed E-state index contributed by atoms with van der Waals surface area (Å²) in [6, 6.07) is 1.41. The highest BCUT2D eigenvalue weighted by molar-refractivity contribution is 5.77. The second-order valence-electron chi connectivity index (χ2n) is 2.36. The Labute approximate surface area is 67.5 Å². The maximum Gasteiger partial charge on any atom is 0.176 e. The van der Waals surface area contributed by atoms with Gasteiger partial charge in [-0.15, -0.1) is 0 Å². The van der Waals surface area contributed by atoms with Crippen LogP contribution in [0.3, 0.4) is 0 Å². The Balaban J connectivity index is 2.86. The summed E-state index contributed by atoms with van der Waals surface area (Å²) in [5.41, 5.74) is 0.216. The minimum atomic E-state index is -0.572. The molecule has 0 aliphatic heterocycles. The predicted molar refractivity (Wildman–Crippen MR) is 40.5 cm³/mol. The van der Waals surface area contributed by atoms with Gasteiger partial charge in [0.25, 0.3) is 0 Å². The van der Waals surface area contributed by atoms with E-state index in [1.54, 1.807) is 12.4 Å². The number of aromatic nitrogens is 2. The van der Waals surface area contributed by atoms with E-state index in [1.807, 2.05) is 0 Å². The highest BCUT2D eigenvalue weighted by Gasteiger charge is 2.06. The number of fused-ring (bicyclic) bond motifs is 1. The number of rotatable bonds is 1. The Kier molecular flexibility index (Phi) is 1.40. The summed E-state index contributed by atoms with van der Waals surface area (Å²) in [6.45, 7) is 0. The molecule has 0 aliphatic rings. The smallest absolute Gasteiger partial charge is 0.176 e. The van der Waals surface area contributed by atoms with Crippen LogP contribution in [0.5, 0.6) is 0 Å². The van der Waals surface area contributed by atoms with Crippen molar-refractivity contribution in [3.05, 3.63) is 36.0 Å². The van der Waals surface area contributed by atoms with E-state index in [-0.39, 0.29) is 11.2 Å². The average molecular weight is 164 g/mol. The van der Waals surface area contributed by atoms with Crippen molar-refractivity contribution in [2.45, 2.75) is 0 Å². The predicted octanol–water partition coefficient (Wildman–Crippen LogP) is 1.29.